The molecule has 0 unspecified atom stereocenters. The number of benzene rings is 3. The molecule has 0 amide bonds. The Hall–Kier alpha value is -3.60. The summed E-state index contributed by atoms with van der Waals surface area (Å²) >= 11 is 0. The lowest BCUT2D eigenvalue weighted by Gasteiger charge is -2.56. The van der Waals surface area contributed by atoms with Crippen molar-refractivity contribution in [3.8, 4) is 11.5 Å². The number of Topliss-reactive ketones (excluding diaryl/α,β-unsaturated/α-hetero) is 1. The summed E-state index contributed by atoms with van der Waals surface area (Å²) in [5.74, 6) is 2.16. The summed E-state index contributed by atoms with van der Waals surface area (Å²) in [4.78, 5) is 26.4. The molecule has 3 fully saturated rings. The molecule has 0 saturated heterocycles. The Bertz CT molecular complexity index is 2100. The molecule has 6 aliphatic rings. The Morgan fingerprint density at radius 1 is 0.586 bits per heavy atom. The molecule has 9 atom stereocenters. The van der Waals surface area contributed by atoms with Crippen LogP contribution in [0.15, 0.2) is 54.6 Å². The summed E-state index contributed by atoms with van der Waals surface area (Å²) in [6, 6.07) is 18.6. The first-order valence-corrected chi connectivity index (χ1v) is 22.8. The van der Waals surface area contributed by atoms with Crippen molar-refractivity contribution in [3.63, 3.8) is 0 Å². The van der Waals surface area contributed by atoms with Crippen LogP contribution in [0, 0.1) is 40.9 Å². The molecule has 0 bridgehead atoms. The lowest BCUT2D eigenvalue weighted by molar-refractivity contribution is -0.171. The van der Waals surface area contributed by atoms with E-state index in [4.69, 9.17) is 4.74 Å². The largest absolute Gasteiger partial charge is 0.508 e. The third-order valence-corrected chi connectivity index (χ3v) is 18.1. The Kier molecular flexibility index (Phi) is 10.3. The highest BCUT2D eigenvalue weighted by Crippen LogP contribution is 2.61. The number of esters is 1. The Morgan fingerprint density at radius 2 is 1.02 bits per heavy atom. The summed E-state index contributed by atoms with van der Waals surface area (Å²) in [6.45, 7) is 18.3. The number of carbonyl (C=O) groups is 2. The number of phenols is 2. The second-order valence-electron chi connectivity index (χ2n) is 21.6. The molecule has 6 aliphatic carbocycles. The number of rotatable bonds is 4. The van der Waals surface area contributed by atoms with E-state index in [9.17, 15) is 19.8 Å². The predicted molar refractivity (Wildman–Crippen MR) is 232 cm³/mol. The molecule has 0 radical (unpaired) electrons. The molecule has 3 aromatic carbocycles. The second-order valence-corrected chi connectivity index (χ2v) is 21.6. The molecular weight excluding hydrogens is 717 g/mol. The van der Waals surface area contributed by atoms with E-state index < -0.39 is 5.41 Å². The number of hydrogen-bond donors (Lipinski definition) is 2. The quantitative estimate of drug-likeness (QED) is 0.257. The van der Waals surface area contributed by atoms with Gasteiger partial charge in [0.2, 0.25) is 0 Å². The van der Waals surface area contributed by atoms with Crippen LogP contribution in [0.2, 0.25) is 0 Å². The third-order valence-electron chi connectivity index (χ3n) is 18.1. The summed E-state index contributed by atoms with van der Waals surface area (Å²) in [6.07, 6.45) is 16.0. The third kappa shape index (κ3) is 6.46. The van der Waals surface area contributed by atoms with Crippen LogP contribution in [0.4, 0.5) is 0 Å². The van der Waals surface area contributed by atoms with Crippen LogP contribution in [0.25, 0.3) is 0 Å². The molecular formula is C53H70O5. The minimum atomic E-state index is -0.518. The van der Waals surface area contributed by atoms with Crippen molar-refractivity contribution < 1.29 is 24.5 Å². The van der Waals surface area contributed by atoms with E-state index in [2.05, 4.69) is 78.8 Å². The lowest BCUT2D eigenvalue weighted by atomic mass is 9.49. The van der Waals surface area contributed by atoms with Crippen LogP contribution in [0.5, 0.6) is 11.5 Å². The van der Waals surface area contributed by atoms with Crippen molar-refractivity contribution in [2.75, 3.05) is 6.61 Å². The molecule has 9 rings (SSSR count). The van der Waals surface area contributed by atoms with E-state index in [-0.39, 0.29) is 39.0 Å². The van der Waals surface area contributed by atoms with Gasteiger partial charge in [-0.05, 0) is 189 Å². The summed E-state index contributed by atoms with van der Waals surface area (Å²) in [7, 11) is 0. The fraction of sp³-hybridized carbons (Fsp3) is 0.623. The maximum atomic E-state index is 14.1. The monoisotopic (exact) mass is 787 g/mol. The fourth-order valence-electron chi connectivity index (χ4n) is 14.8. The highest BCUT2D eigenvalue weighted by atomic mass is 16.5. The molecule has 0 spiro atoms. The van der Waals surface area contributed by atoms with E-state index in [1.54, 1.807) is 13.0 Å². The van der Waals surface area contributed by atoms with E-state index in [1.807, 2.05) is 18.2 Å². The van der Waals surface area contributed by atoms with Crippen molar-refractivity contribution in [3.05, 3.63) is 93.5 Å². The highest BCUT2D eigenvalue weighted by molar-refractivity contribution is 5.83. The van der Waals surface area contributed by atoms with Crippen molar-refractivity contribution in [1.82, 2.24) is 0 Å². The standard InChI is InChI=1S/C34H44O4.C19H26O/c1-31(15-5-16-32(2)26-19-24(35)11-7-22(26)9-13-28(31)32)21-38-30(37)34(4)18-6-17-33(3)27-20-25(36)12-8-23(27)10-14-29(33)34;1-13-6-7-15-8-9-17-18(3,14(2)20)10-5-11-19(17,4)16(15)12-13/h7-8,11-12,19-20,28-29,35-36H,5-6,9-10,13-18,21H2,1-4H3;6-7,12,17H,5,8-11H2,1-4H3/t28-,29+,31+,32+,33+,34-;17-,18+,19+/m00/s1. The van der Waals surface area contributed by atoms with Gasteiger partial charge in [-0.25, -0.2) is 0 Å². The normalized spacial score (nSPS) is 37.2. The van der Waals surface area contributed by atoms with Crippen LogP contribution in [0.3, 0.4) is 0 Å². The Balaban J connectivity index is 0.000000197. The molecule has 58 heavy (non-hydrogen) atoms. The molecule has 0 aliphatic heterocycles. The number of aryl methyl sites for hydroxylation is 4. The first-order chi connectivity index (χ1) is 27.4. The van der Waals surface area contributed by atoms with Crippen molar-refractivity contribution >= 4 is 11.8 Å². The fourth-order valence-corrected chi connectivity index (χ4v) is 14.8. The van der Waals surface area contributed by atoms with Gasteiger partial charge in [0, 0.05) is 10.8 Å². The summed E-state index contributed by atoms with van der Waals surface area (Å²) < 4.78 is 6.40. The summed E-state index contributed by atoms with van der Waals surface area (Å²) in [5.41, 5.74) is 8.94. The van der Waals surface area contributed by atoms with Gasteiger partial charge >= 0.3 is 5.97 Å². The molecule has 3 aromatic rings. The van der Waals surface area contributed by atoms with Crippen molar-refractivity contribution in [2.45, 2.75) is 168 Å². The van der Waals surface area contributed by atoms with Crippen LogP contribution in [0.1, 0.15) is 164 Å². The zero-order valence-electron chi connectivity index (χ0n) is 36.9. The van der Waals surface area contributed by atoms with Crippen molar-refractivity contribution in [1.29, 1.82) is 0 Å². The number of ketones is 1. The zero-order chi connectivity index (χ0) is 41.5. The minimum absolute atomic E-state index is 0.00583. The average Bonchev–Trinajstić information content (AvgIpc) is 3.17. The van der Waals surface area contributed by atoms with Crippen molar-refractivity contribution in [2.24, 2.45) is 34.0 Å². The smallest absolute Gasteiger partial charge is 0.312 e. The minimum Gasteiger partial charge on any atom is -0.508 e. The number of fused-ring (bicyclic) bond motifs is 9. The van der Waals surface area contributed by atoms with Gasteiger partial charge in [0.15, 0.2) is 0 Å². The topological polar surface area (TPSA) is 83.8 Å². The van der Waals surface area contributed by atoms with E-state index >= 15 is 0 Å². The Morgan fingerprint density at radius 3 is 1.55 bits per heavy atom. The van der Waals surface area contributed by atoms with Gasteiger partial charge in [-0.15, -0.1) is 0 Å². The van der Waals surface area contributed by atoms with Gasteiger partial charge in [-0.1, -0.05) is 89.8 Å². The molecule has 0 aromatic heterocycles. The number of carbonyl (C=O) groups excluding carboxylic acids is 2. The number of ether oxygens (including phenoxy) is 1. The summed E-state index contributed by atoms with van der Waals surface area (Å²) in [5, 5.41) is 20.6. The SMILES string of the molecule is CC(=O)[C@@]1(C)CCC[C@]2(C)c3cc(C)ccc3CC[C@@H]12.C[C@]1(COC(=O)[C@@]2(C)CCC[C@]3(C)c4cc(O)ccc4CC[C@@H]23)CCC[C@]2(C)c3cc(O)ccc3CC[C@@H]12. The molecule has 3 saturated carbocycles. The van der Waals surface area contributed by atoms with Gasteiger partial charge in [0.05, 0.1) is 12.0 Å². The van der Waals surface area contributed by atoms with Crippen LogP contribution >= 0.6 is 0 Å². The molecule has 5 nitrogen and oxygen atoms in total. The maximum Gasteiger partial charge on any atom is 0.312 e. The predicted octanol–water partition coefficient (Wildman–Crippen LogP) is 12.0. The lowest BCUT2D eigenvalue weighted by Crippen LogP contribution is -2.54. The van der Waals surface area contributed by atoms with Crippen LogP contribution in [-0.4, -0.2) is 28.6 Å². The highest BCUT2D eigenvalue weighted by Gasteiger charge is 2.58. The van der Waals surface area contributed by atoms with Crippen LogP contribution < -0.4 is 0 Å². The number of aromatic hydroxyl groups is 2. The first-order valence-electron chi connectivity index (χ1n) is 22.8. The number of hydrogen-bond acceptors (Lipinski definition) is 5. The first kappa shape index (κ1) is 41.1. The van der Waals surface area contributed by atoms with E-state index in [1.165, 1.54) is 58.2 Å². The molecule has 0 heterocycles. The second kappa shape index (κ2) is 14.5. The van der Waals surface area contributed by atoms with Gasteiger partial charge in [-0.3, -0.25) is 9.59 Å². The average molecular weight is 787 g/mol. The van der Waals surface area contributed by atoms with Gasteiger partial charge in [0.1, 0.15) is 17.3 Å². The zero-order valence-corrected chi connectivity index (χ0v) is 36.9. The van der Waals surface area contributed by atoms with Gasteiger partial charge in [-0.2, -0.15) is 0 Å². The maximum absolute atomic E-state index is 14.1. The van der Waals surface area contributed by atoms with E-state index in [0.717, 1.165) is 77.0 Å². The van der Waals surface area contributed by atoms with Gasteiger partial charge in [0.25, 0.3) is 0 Å². The Labute approximate surface area is 348 Å². The molecule has 2 N–H and O–H groups in total. The molecule has 5 heteroatoms. The van der Waals surface area contributed by atoms with Crippen LogP contribution in [-0.2, 0) is 49.8 Å². The number of phenolic OH excluding ortho intramolecular Hbond substituents is 2. The van der Waals surface area contributed by atoms with E-state index in [0.29, 0.717) is 35.7 Å². The molecule has 312 valence electrons. The van der Waals surface area contributed by atoms with Gasteiger partial charge < -0.3 is 14.9 Å².